The number of anilines is 1. The zero-order chi connectivity index (χ0) is 26.2. The SMILES string of the molecule is CCOC(=O)c1ccc(NC(CC(=O)CCc2ccc3cc(OC)ccc3c2)c2ccc(O)cc2)cc1. The molecule has 1 atom stereocenters. The summed E-state index contributed by atoms with van der Waals surface area (Å²) in [5.41, 5.74) is 3.25. The number of hydrogen-bond acceptors (Lipinski definition) is 6. The van der Waals surface area contributed by atoms with Crippen LogP contribution in [0.3, 0.4) is 0 Å². The molecule has 0 aliphatic rings. The van der Waals surface area contributed by atoms with Crippen molar-refractivity contribution in [3.05, 3.63) is 102 Å². The molecule has 0 amide bonds. The second-order valence-electron chi connectivity index (χ2n) is 8.88. The van der Waals surface area contributed by atoms with Gasteiger partial charge in [-0.15, -0.1) is 0 Å². The number of aryl methyl sites for hydroxylation is 1. The van der Waals surface area contributed by atoms with E-state index in [1.54, 1.807) is 50.4 Å². The summed E-state index contributed by atoms with van der Waals surface area (Å²) in [7, 11) is 1.65. The predicted octanol–water partition coefficient (Wildman–Crippen LogP) is 6.48. The van der Waals surface area contributed by atoms with E-state index in [2.05, 4.69) is 23.5 Å². The van der Waals surface area contributed by atoms with E-state index in [4.69, 9.17) is 9.47 Å². The summed E-state index contributed by atoms with van der Waals surface area (Å²) < 4.78 is 10.3. The van der Waals surface area contributed by atoms with Crippen molar-refractivity contribution in [3.63, 3.8) is 0 Å². The lowest BCUT2D eigenvalue weighted by molar-refractivity contribution is -0.119. The molecule has 0 heterocycles. The normalized spacial score (nSPS) is 11.6. The summed E-state index contributed by atoms with van der Waals surface area (Å²) in [5.74, 6) is 0.746. The minimum Gasteiger partial charge on any atom is -0.508 e. The standard InChI is InChI=1S/C31H31NO5/c1-3-37-31(35)23-7-12-26(13-8-23)32-30(22-9-15-27(33)16-10-22)20-28(34)14-5-21-4-6-25-19-29(36-2)17-11-24(25)18-21/h4,6-13,15-19,30,32-33H,3,5,14,20H2,1-2H3. The quantitative estimate of drug-likeness (QED) is 0.231. The maximum Gasteiger partial charge on any atom is 0.338 e. The Morgan fingerprint density at radius 2 is 1.59 bits per heavy atom. The molecule has 4 rings (SSSR count). The Morgan fingerprint density at radius 1 is 0.892 bits per heavy atom. The minimum atomic E-state index is -0.368. The number of rotatable bonds is 11. The molecule has 37 heavy (non-hydrogen) atoms. The second kappa shape index (κ2) is 12.1. The van der Waals surface area contributed by atoms with Gasteiger partial charge in [-0.2, -0.15) is 0 Å². The van der Waals surface area contributed by atoms with Gasteiger partial charge in [0.25, 0.3) is 0 Å². The summed E-state index contributed by atoms with van der Waals surface area (Å²) >= 11 is 0. The molecule has 0 bridgehead atoms. The number of phenols is 1. The van der Waals surface area contributed by atoms with Gasteiger partial charge >= 0.3 is 5.97 Å². The van der Waals surface area contributed by atoms with Crippen molar-refractivity contribution in [3.8, 4) is 11.5 Å². The number of esters is 1. The number of nitrogens with one attached hydrogen (secondary N) is 1. The van der Waals surface area contributed by atoms with Crippen LogP contribution < -0.4 is 10.1 Å². The summed E-state index contributed by atoms with van der Waals surface area (Å²) in [6, 6.07) is 25.7. The molecule has 4 aromatic rings. The largest absolute Gasteiger partial charge is 0.508 e. The highest BCUT2D eigenvalue weighted by molar-refractivity contribution is 5.90. The highest BCUT2D eigenvalue weighted by Crippen LogP contribution is 2.27. The Balaban J connectivity index is 1.44. The zero-order valence-electron chi connectivity index (χ0n) is 21.1. The molecule has 0 saturated carbocycles. The molecule has 2 N–H and O–H groups in total. The van der Waals surface area contributed by atoms with Crippen LogP contribution in [0.4, 0.5) is 5.69 Å². The van der Waals surface area contributed by atoms with Crippen LogP contribution in [-0.2, 0) is 16.0 Å². The first-order valence-corrected chi connectivity index (χ1v) is 12.4. The first kappa shape index (κ1) is 25.8. The fourth-order valence-electron chi connectivity index (χ4n) is 4.25. The summed E-state index contributed by atoms with van der Waals surface area (Å²) in [4.78, 5) is 25.0. The average Bonchev–Trinajstić information content (AvgIpc) is 2.92. The number of aromatic hydroxyl groups is 1. The van der Waals surface area contributed by atoms with Gasteiger partial charge in [0.2, 0.25) is 0 Å². The number of hydrogen-bond donors (Lipinski definition) is 2. The molecule has 0 spiro atoms. The molecule has 6 nitrogen and oxygen atoms in total. The van der Waals surface area contributed by atoms with Crippen LogP contribution in [0.1, 0.15) is 47.3 Å². The zero-order valence-corrected chi connectivity index (χ0v) is 21.1. The number of methoxy groups -OCH3 is 1. The number of benzene rings is 4. The second-order valence-corrected chi connectivity index (χ2v) is 8.88. The Bertz CT molecular complexity index is 1360. The van der Waals surface area contributed by atoms with E-state index < -0.39 is 0 Å². The van der Waals surface area contributed by atoms with Crippen LogP contribution in [0.5, 0.6) is 11.5 Å². The van der Waals surface area contributed by atoms with Gasteiger partial charge in [-0.1, -0.05) is 36.4 Å². The topological polar surface area (TPSA) is 84.9 Å². The third-order valence-electron chi connectivity index (χ3n) is 6.27. The number of fused-ring (bicyclic) bond motifs is 1. The van der Waals surface area contributed by atoms with Crippen molar-refractivity contribution in [1.29, 1.82) is 0 Å². The van der Waals surface area contributed by atoms with Gasteiger partial charge in [0.15, 0.2) is 0 Å². The van der Waals surface area contributed by atoms with E-state index in [1.807, 2.05) is 30.3 Å². The number of phenolic OH excluding ortho intramolecular Hbond substituents is 1. The number of carbonyl (C=O) groups excluding carboxylic acids is 2. The average molecular weight is 498 g/mol. The molecule has 0 aliphatic heterocycles. The van der Waals surface area contributed by atoms with Gasteiger partial charge in [0.1, 0.15) is 17.3 Å². The molecule has 0 saturated heterocycles. The monoisotopic (exact) mass is 497 g/mol. The number of ether oxygens (including phenoxy) is 2. The van der Waals surface area contributed by atoms with Crippen LogP contribution in [0.15, 0.2) is 84.9 Å². The molecule has 0 aromatic heterocycles. The van der Waals surface area contributed by atoms with E-state index in [0.717, 1.165) is 33.3 Å². The first-order chi connectivity index (χ1) is 17.9. The van der Waals surface area contributed by atoms with Crippen molar-refractivity contribution in [2.45, 2.75) is 32.2 Å². The van der Waals surface area contributed by atoms with Gasteiger partial charge < -0.3 is 19.9 Å². The van der Waals surface area contributed by atoms with Gasteiger partial charge in [-0.25, -0.2) is 4.79 Å². The van der Waals surface area contributed by atoms with Crippen LogP contribution in [0.2, 0.25) is 0 Å². The maximum atomic E-state index is 13.1. The van der Waals surface area contributed by atoms with Crippen LogP contribution >= 0.6 is 0 Å². The van der Waals surface area contributed by atoms with E-state index in [1.165, 1.54) is 0 Å². The lowest BCUT2D eigenvalue weighted by atomic mass is 9.97. The highest BCUT2D eigenvalue weighted by Gasteiger charge is 2.17. The molecule has 190 valence electrons. The number of Topliss-reactive ketones (excluding diaryl/α,β-unsaturated/α-hetero) is 1. The Morgan fingerprint density at radius 3 is 2.30 bits per heavy atom. The van der Waals surface area contributed by atoms with Crippen molar-refractivity contribution in [2.75, 3.05) is 19.0 Å². The highest BCUT2D eigenvalue weighted by atomic mass is 16.5. The summed E-state index contributed by atoms with van der Waals surface area (Å²) in [6.07, 6.45) is 1.35. The minimum absolute atomic E-state index is 0.128. The number of ketones is 1. The fraction of sp³-hybridized carbons (Fsp3) is 0.226. The summed E-state index contributed by atoms with van der Waals surface area (Å²) in [5, 5.41) is 15.3. The predicted molar refractivity (Wildman–Crippen MR) is 145 cm³/mol. The third kappa shape index (κ3) is 6.88. The fourth-order valence-corrected chi connectivity index (χ4v) is 4.25. The van der Waals surface area contributed by atoms with Crippen molar-refractivity contribution in [1.82, 2.24) is 0 Å². The van der Waals surface area contributed by atoms with Crippen molar-refractivity contribution < 1.29 is 24.2 Å². The van der Waals surface area contributed by atoms with Gasteiger partial charge in [-0.3, -0.25) is 4.79 Å². The van der Waals surface area contributed by atoms with Gasteiger partial charge in [0, 0.05) is 18.5 Å². The smallest absolute Gasteiger partial charge is 0.338 e. The molecule has 6 heteroatoms. The van der Waals surface area contributed by atoms with Gasteiger partial charge in [-0.05, 0) is 83.8 Å². The van der Waals surface area contributed by atoms with Crippen LogP contribution in [0.25, 0.3) is 10.8 Å². The third-order valence-corrected chi connectivity index (χ3v) is 6.27. The molecule has 4 aromatic carbocycles. The maximum absolute atomic E-state index is 13.1. The van der Waals surface area contributed by atoms with Gasteiger partial charge in [0.05, 0.1) is 25.3 Å². The Labute approximate surface area is 216 Å². The van der Waals surface area contributed by atoms with Crippen molar-refractivity contribution in [2.24, 2.45) is 0 Å². The van der Waals surface area contributed by atoms with E-state index in [-0.39, 0.29) is 30.0 Å². The molecule has 1 unspecified atom stereocenters. The lowest BCUT2D eigenvalue weighted by Gasteiger charge is -2.20. The Kier molecular flexibility index (Phi) is 8.41. The molecular formula is C31H31NO5. The van der Waals surface area contributed by atoms with Crippen LogP contribution in [0, 0.1) is 0 Å². The Hall–Kier alpha value is -4.32. The van der Waals surface area contributed by atoms with Crippen molar-refractivity contribution >= 4 is 28.2 Å². The summed E-state index contributed by atoms with van der Waals surface area (Å²) in [6.45, 7) is 2.09. The van der Waals surface area contributed by atoms with E-state index in [0.29, 0.717) is 25.0 Å². The first-order valence-electron chi connectivity index (χ1n) is 12.4. The molecule has 0 fully saturated rings. The van der Waals surface area contributed by atoms with Crippen LogP contribution in [-0.4, -0.2) is 30.6 Å². The van der Waals surface area contributed by atoms with E-state index >= 15 is 0 Å². The molecule has 0 radical (unpaired) electrons. The molecule has 0 aliphatic carbocycles. The van der Waals surface area contributed by atoms with E-state index in [9.17, 15) is 14.7 Å². The lowest BCUT2D eigenvalue weighted by Crippen LogP contribution is -2.16. The molecular weight excluding hydrogens is 466 g/mol. The number of carbonyl (C=O) groups is 2.